The highest BCUT2D eigenvalue weighted by Crippen LogP contribution is 2.31. The summed E-state index contributed by atoms with van der Waals surface area (Å²) in [6, 6.07) is 10.8. The molecule has 0 radical (unpaired) electrons. The lowest BCUT2D eigenvalue weighted by Gasteiger charge is -2.38. The minimum atomic E-state index is -0.754. The number of nitrogens with one attached hydrogen (secondary N) is 2. The number of aromatic nitrogens is 3. The van der Waals surface area contributed by atoms with Gasteiger partial charge in [0.05, 0.1) is 11.3 Å². The molecule has 2 aromatic heterocycles. The zero-order valence-corrected chi connectivity index (χ0v) is 18.8. The number of benzene rings is 1. The molecule has 33 heavy (non-hydrogen) atoms. The summed E-state index contributed by atoms with van der Waals surface area (Å²) >= 11 is 0. The fraction of sp³-hybridized carbons (Fsp3) is 0.333. The van der Waals surface area contributed by atoms with Crippen LogP contribution in [0, 0.1) is 5.82 Å². The van der Waals surface area contributed by atoms with Gasteiger partial charge >= 0.3 is 0 Å². The van der Waals surface area contributed by atoms with E-state index in [4.69, 9.17) is 5.73 Å². The van der Waals surface area contributed by atoms with E-state index in [1.807, 2.05) is 43.3 Å². The summed E-state index contributed by atoms with van der Waals surface area (Å²) in [7, 11) is 3.77. The van der Waals surface area contributed by atoms with E-state index in [-0.39, 0.29) is 29.3 Å². The minimum Gasteiger partial charge on any atom is -0.365 e. The second kappa shape index (κ2) is 9.91. The van der Waals surface area contributed by atoms with Gasteiger partial charge < -0.3 is 21.3 Å². The Morgan fingerprint density at radius 1 is 1.21 bits per heavy atom. The number of nitrogens with zero attached hydrogens (tertiary/aromatic N) is 4. The first kappa shape index (κ1) is 22.6. The number of hydrogen-bond acceptors (Lipinski definition) is 7. The summed E-state index contributed by atoms with van der Waals surface area (Å²) < 4.78 is 15.1. The molecule has 3 aromatic rings. The number of pyridine rings is 1. The number of amides is 1. The summed E-state index contributed by atoms with van der Waals surface area (Å²) in [4.78, 5) is 26.7. The van der Waals surface area contributed by atoms with Crippen LogP contribution in [-0.2, 0) is 0 Å². The van der Waals surface area contributed by atoms with E-state index in [2.05, 4.69) is 25.6 Å². The Morgan fingerprint density at radius 3 is 2.76 bits per heavy atom. The molecule has 1 aromatic carbocycles. The second-order valence-corrected chi connectivity index (χ2v) is 8.21. The van der Waals surface area contributed by atoms with Crippen LogP contribution in [0.3, 0.4) is 0 Å². The Balaban J connectivity index is 1.69. The standard InChI is InChI=1S/C24H28FN7O/c1-27-20-8-3-4-9-21(20)32(2)24-18(25)13-17(22(26)33)23(31-24)30-16-7-5-6-15(12-16)19-10-11-28-14-29-19/h5-7,10-14,20-21,27H,3-4,8-9H2,1-2H3,(H2,26,33)(H,30,31). The van der Waals surface area contributed by atoms with Gasteiger partial charge in [-0.25, -0.2) is 19.3 Å². The third kappa shape index (κ3) is 4.93. The van der Waals surface area contributed by atoms with Crippen molar-refractivity contribution in [2.75, 3.05) is 24.3 Å². The third-order valence-electron chi connectivity index (χ3n) is 6.16. The third-order valence-corrected chi connectivity index (χ3v) is 6.16. The first-order valence-corrected chi connectivity index (χ1v) is 11.0. The van der Waals surface area contributed by atoms with Crippen molar-refractivity contribution in [3.8, 4) is 11.3 Å². The quantitative estimate of drug-likeness (QED) is 0.507. The zero-order chi connectivity index (χ0) is 23.4. The molecule has 0 bridgehead atoms. The largest absolute Gasteiger partial charge is 0.365 e. The molecule has 4 rings (SSSR count). The number of halogens is 1. The van der Waals surface area contributed by atoms with Crippen LogP contribution in [-0.4, -0.2) is 47.0 Å². The SMILES string of the molecule is CNC1CCCCC1N(C)c1nc(Nc2cccc(-c3ccncn3)c2)c(C(N)=O)cc1F. The van der Waals surface area contributed by atoms with Gasteiger partial charge in [-0.15, -0.1) is 0 Å². The molecule has 1 saturated carbocycles. The Morgan fingerprint density at radius 2 is 2.03 bits per heavy atom. The number of likely N-dealkylation sites (N-methyl/N-ethyl adjacent to an activating group) is 2. The fourth-order valence-electron chi connectivity index (χ4n) is 4.43. The molecular weight excluding hydrogens is 421 g/mol. The van der Waals surface area contributed by atoms with Crippen molar-refractivity contribution in [2.24, 2.45) is 5.73 Å². The molecule has 1 fully saturated rings. The number of carbonyl (C=O) groups is 1. The highest BCUT2D eigenvalue weighted by atomic mass is 19.1. The van der Waals surface area contributed by atoms with Gasteiger partial charge in [0.1, 0.15) is 12.1 Å². The summed E-state index contributed by atoms with van der Waals surface area (Å²) in [5, 5.41) is 6.49. The topological polar surface area (TPSA) is 109 Å². The molecule has 2 unspecified atom stereocenters. The summed E-state index contributed by atoms with van der Waals surface area (Å²) in [5.74, 6) is -0.938. The maximum Gasteiger partial charge on any atom is 0.252 e. The molecule has 4 N–H and O–H groups in total. The van der Waals surface area contributed by atoms with Crippen LogP contribution >= 0.6 is 0 Å². The number of primary amides is 1. The number of anilines is 3. The molecule has 9 heteroatoms. The molecule has 172 valence electrons. The van der Waals surface area contributed by atoms with Crippen LogP contribution in [0.4, 0.5) is 21.7 Å². The number of rotatable bonds is 7. The van der Waals surface area contributed by atoms with E-state index in [0.717, 1.165) is 43.0 Å². The van der Waals surface area contributed by atoms with Gasteiger partial charge in [0.25, 0.3) is 5.91 Å². The van der Waals surface area contributed by atoms with Crippen LogP contribution in [0.5, 0.6) is 0 Å². The van der Waals surface area contributed by atoms with Gasteiger partial charge in [0.2, 0.25) is 0 Å². The van der Waals surface area contributed by atoms with E-state index in [1.54, 1.807) is 12.3 Å². The number of nitrogens with two attached hydrogens (primary N) is 1. The molecule has 8 nitrogen and oxygen atoms in total. The molecule has 2 atom stereocenters. The number of carbonyl (C=O) groups excluding carboxylic acids is 1. The average Bonchev–Trinajstić information content (AvgIpc) is 2.85. The van der Waals surface area contributed by atoms with Crippen molar-refractivity contribution < 1.29 is 9.18 Å². The first-order chi connectivity index (χ1) is 16.0. The van der Waals surface area contributed by atoms with Gasteiger partial charge in [-0.1, -0.05) is 25.0 Å². The lowest BCUT2D eigenvalue weighted by atomic mass is 9.89. The summed E-state index contributed by atoms with van der Waals surface area (Å²) in [5.41, 5.74) is 7.83. The van der Waals surface area contributed by atoms with Crippen molar-refractivity contribution in [3.63, 3.8) is 0 Å². The van der Waals surface area contributed by atoms with Crippen molar-refractivity contribution in [3.05, 3.63) is 60.3 Å². The predicted molar refractivity (Wildman–Crippen MR) is 127 cm³/mol. The van der Waals surface area contributed by atoms with Crippen LogP contribution in [0.25, 0.3) is 11.3 Å². The Labute approximate surface area is 192 Å². The fourth-order valence-corrected chi connectivity index (χ4v) is 4.43. The highest BCUT2D eigenvalue weighted by Gasteiger charge is 2.30. The maximum absolute atomic E-state index is 15.1. The van der Waals surface area contributed by atoms with E-state index in [9.17, 15) is 4.79 Å². The predicted octanol–water partition coefficient (Wildman–Crippen LogP) is 3.49. The average molecular weight is 450 g/mol. The highest BCUT2D eigenvalue weighted by molar-refractivity contribution is 5.98. The molecule has 2 heterocycles. The van der Waals surface area contributed by atoms with Gasteiger partial charge in [0, 0.05) is 36.6 Å². The summed E-state index contributed by atoms with van der Waals surface area (Å²) in [6.07, 6.45) is 7.32. The zero-order valence-electron chi connectivity index (χ0n) is 18.8. The van der Waals surface area contributed by atoms with Gasteiger partial charge in [-0.3, -0.25) is 4.79 Å². The van der Waals surface area contributed by atoms with Crippen molar-refractivity contribution >= 4 is 23.2 Å². The molecule has 1 amide bonds. The molecule has 0 aliphatic heterocycles. The van der Waals surface area contributed by atoms with Crippen LogP contribution in [0.2, 0.25) is 0 Å². The number of hydrogen-bond donors (Lipinski definition) is 3. The van der Waals surface area contributed by atoms with Crippen LogP contribution < -0.4 is 21.3 Å². The van der Waals surface area contributed by atoms with Gasteiger partial charge in [-0.2, -0.15) is 0 Å². The Bertz CT molecular complexity index is 1130. The van der Waals surface area contributed by atoms with E-state index in [0.29, 0.717) is 5.69 Å². The Hall–Kier alpha value is -3.59. The van der Waals surface area contributed by atoms with E-state index in [1.165, 1.54) is 6.33 Å². The van der Waals surface area contributed by atoms with Gasteiger partial charge in [-0.05, 0) is 44.2 Å². The first-order valence-electron chi connectivity index (χ1n) is 11.0. The maximum atomic E-state index is 15.1. The van der Waals surface area contributed by atoms with Crippen LogP contribution in [0.15, 0.2) is 48.9 Å². The Kier molecular flexibility index (Phi) is 6.79. The van der Waals surface area contributed by atoms with Crippen molar-refractivity contribution in [2.45, 2.75) is 37.8 Å². The molecule has 0 saturated heterocycles. The van der Waals surface area contributed by atoms with E-state index >= 15 is 4.39 Å². The monoisotopic (exact) mass is 449 g/mol. The smallest absolute Gasteiger partial charge is 0.252 e. The van der Waals surface area contributed by atoms with Crippen molar-refractivity contribution in [1.82, 2.24) is 20.3 Å². The van der Waals surface area contributed by atoms with Crippen molar-refractivity contribution in [1.29, 1.82) is 0 Å². The molecule has 1 aliphatic carbocycles. The minimum absolute atomic E-state index is 0.00843. The van der Waals surface area contributed by atoms with Gasteiger partial charge in [0.15, 0.2) is 11.6 Å². The molecular formula is C24H28FN7O. The normalized spacial score (nSPS) is 18.0. The van der Waals surface area contributed by atoms with E-state index < -0.39 is 11.7 Å². The summed E-state index contributed by atoms with van der Waals surface area (Å²) in [6.45, 7) is 0. The second-order valence-electron chi connectivity index (χ2n) is 8.21. The molecule has 1 aliphatic rings. The van der Waals surface area contributed by atoms with Crippen LogP contribution in [0.1, 0.15) is 36.0 Å². The lowest BCUT2D eigenvalue weighted by Crippen LogP contribution is -2.50. The molecule has 0 spiro atoms. The lowest BCUT2D eigenvalue weighted by molar-refractivity contribution is 0.100.